The molecular formula is C19H21FN4O3. The average molecular weight is 372 g/mol. The highest BCUT2D eigenvalue weighted by Crippen LogP contribution is 2.49. The van der Waals surface area contributed by atoms with Crippen LogP contribution in [0.3, 0.4) is 0 Å². The van der Waals surface area contributed by atoms with Gasteiger partial charge < -0.3 is 14.3 Å². The molecule has 8 heteroatoms. The third kappa shape index (κ3) is 2.89. The Labute approximate surface area is 156 Å². The molecular weight excluding hydrogens is 351 g/mol. The lowest BCUT2D eigenvalue weighted by atomic mass is 9.71. The first-order valence-corrected chi connectivity index (χ1v) is 8.90. The molecule has 3 heterocycles. The molecule has 2 saturated heterocycles. The van der Waals surface area contributed by atoms with E-state index in [1.165, 1.54) is 13.0 Å². The highest BCUT2D eigenvalue weighted by molar-refractivity contribution is 5.95. The number of likely N-dealkylation sites (tertiary alicyclic amines) is 2. The molecule has 1 unspecified atom stereocenters. The van der Waals surface area contributed by atoms with Crippen molar-refractivity contribution in [3.8, 4) is 0 Å². The minimum atomic E-state index is -0.390. The lowest BCUT2D eigenvalue weighted by Gasteiger charge is -2.50. The molecule has 4 rings (SSSR count). The van der Waals surface area contributed by atoms with Crippen LogP contribution in [-0.2, 0) is 4.79 Å². The number of hydrogen-bond acceptors (Lipinski definition) is 5. The van der Waals surface area contributed by atoms with Gasteiger partial charge >= 0.3 is 0 Å². The fourth-order valence-electron chi connectivity index (χ4n) is 4.09. The Balaban J connectivity index is 1.55. The van der Waals surface area contributed by atoms with Gasteiger partial charge in [-0.1, -0.05) is 11.2 Å². The summed E-state index contributed by atoms with van der Waals surface area (Å²) in [5.41, 5.74) is 0.537. The largest absolute Gasteiger partial charge is 0.341 e. The number of aryl methyl sites for hydroxylation is 2. The third-order valence-electron chi connectivity index (χ3n) is 5.65. The lowest BCUT2D eigenvalue weighted by molar-refractivity contribution is -0.128. The van der Waals surface area contributed by atoms with Gasteiger partial charge in [0.2, 0.25) is 11.8 Å². The normalized spacial score (nSPS) is 20.8. The summed E-state index contributed by atoms with van der Waals surface area (Å²) in [7, 11) is 0. The molecule has 2 aliphatic heterocycles. The van der Waals surface area contributed by atoms with E-state index in [1.807, 2.05) is 0 Å². The number of amides is 2. The number of aromatic nitrogens is 2. The van der Waals surface area contributed by atoms with Crippen LogP contribution in [0.25, 0.3) is 0 Å². The second kappa shape index (κ2) is 6.14. The van der Waals surface area contributed by atoms with Crippen molar-refractivity contribution in [1.82, 2.24) is 19.9 Å². The summed E-state index contributed by atoms with van der Waals surface area (Å²) in [6.45, 7) is 6.92. The molecule has 2 aromatic rings. The van der Waals surface area contributed by atoms with Crippen molar-refractivity contribution < 1.29 is 18.5 Å². The van der Waals surface area contributed by atoms with E-state index in [9.17, 15) is 14.0 Å². The van der Waals surface area contributed by atoms with Crippen molar-refractivity contribution in [2.45, 2.75) is 26.7 Å². The van der Waals surface area contributed by atoms with Crippen LogP contribution in [0, 0.1) is 25.1 Å². The van der Waals surface area contributed by atoms with E-state index in [2.05, 4.69) is 10.1 Å². The van der Waals surface area contributed by atoms with Gasteiger partial charge in [-0.3, -0.25) is 9.59 Å². The first-order valence-electron chi connectivity index (χ1n) is 8.90. The van der Waals surface area contributed by atoms with Crippen molar-refractivity contribution in [2.24, 2.45) is 5.41 Å². The molecule has 1 aromatic carbocycles. The Kier molecular flexibility index (Phi) is 4.01. The van der Waals surface area contributed by atoms with Crippen molar-refractivity contribution in [1.29, 1.82) is 0 Å². The molecule has 2 aliphatic rings. The topological polar surface area (TPSA) is 79.5 Å². The van der Waals surface area contributed by atoms with E-state index in [1.54, 1.807) is 35.8 Å². The molecule has 0 aliphatic carbocycles. The third-order valence-corrected chi connectivity index (χ3v) is 5.65. The Bertz CT molecular complexity index is 919. The Hall–Kier alpha value is -2.77. The van der Waals surface area contributed by atoms with Gasteiger partial charge in [-0.05, 0) is 31.5 Å². The average Bonchev–Trinajstić information content (AvgIpc) is 3.19. The van der Waals surface area contributed by atoms with Crippen molar-refractivity contribution in [2.75, 3.05) is 26.2 Å². The summed E-state index contributed by atoms with van der Waals surface area (Å²) in [6, 6.07) is 4.52. The van der Waals surface area contributed by atoms with E-state index < -0.39 is 0 Å². The summed E-state index contributed by atoms with van der Waals surface area (Å²) >= 11 is 0. The molecule has 2 amide bonds. The molecule has 7 nitrogen and oxygen atoms in total. The number of benzene rings is 1. The van der Waals surface area contributed by atoms with Crippen LogP contribution >= 0.6 is 0 Å². The molecule has 0 radical (unpaired) electrons. The van der Waals surface area contributed by atoms with E-state index in [0.29, 0.717) is 49.0 Å². The van der Waals surface area contributed by atoms with E-state index in [4.69, 9.17) is 4.52 Å². The van der Waals surface area contributed by atoms with Gasteiger partial charge in [-0.25, -0.2) is 4.39 Å². The number of rotatable bonds is 2. The van der Waals surface area contributed by atoms with Crippen molar-refractivity contribution in [3.05, 3.63) is 46.9 Å². The van der Waals surface area contributed by atoms with E-state index >= 15 is 0 Å². The van der Waals surface area contributed by atoms with Gasteiger partial charge in [0.15, 0.2) is 5.82 Å². The molecule has 1 atom stereocenters. The van der Waals surface area contributed by atoms with Gasteiger partial charge in [0.1, 0.15) is 5.82 Å². The van der Waals surface area contributed by atoms with Crippen LogP contribution in [0.4, 0.5) is 4.39 Å². The molecule has 2 fully saturated rings. The summed E-state index contributed by atoms with van der Waals surface area (Å²) in [6.07, 6.45) is 0. The SMILES string of the molecule is CC(=O)N1CC(c2nc(C)no2)C2(C1)CN(C(=O)c1ccc(C)c(F)c1)C2. The predicted octanol–water partition coefficient (Wildman–Crippen LogP) is 1.91. The highest BCUT2D eigenvalue weighted by atomic mass is 19.1. The maximum atomic E-state index is 13.8. The zero-order valence-electron chi connectivity index (χ0n) is 15.5. The molecule has 0 saturated carbocycles. The first kappa shape index (κ1) is 17.6. The minimum absolute atomic E-state index is 0.0153. The Morgan fingerprint density at radius 1 is 1.22 bits per heavy atom. The Morgan fingerprint density at radius 2 is 1.93 bits per heavy atom. The smallest absolute Gasteiger partial charge is 0.253 e. The Morgan fingerprint density at radius 3 is 2.52 bits per heavy atom. The quantitative estimate of drug-likeness (QED) is 0.805. The van der Waals surface area contributed by atoms with Crippen LogP contribution in [0.15, 0.2) is 22.7 Å². The maximum Gasteiger partial charge on any atom is 0.253 e. The van der Waals surface area contributed by atoms with Crippen molar-refractivity contribution in [3.63, 3.8) is 0 Å². The number of halogens is 1. The maximum absolute atomic E-state index is 13.8. The van der Waals surface area contributed by atoms with Crippen LogP contribution in [0.5, 0.6) is 0 Å². The number of carbonyl (C=O) groups is 2. The highest BCUT2D eigenvalue weighted by Gasteiger charge is 2.58. The molecule has 0 N–H and O–H groups in total. The fourth-order valence-corrected chi connectivity index (χ4v) is 4.09. The van der Waals surface area contributed by atoms with Crippen LogP contribution in [-0.4, -0.2) is 57.9 Å². The molecule has 0 bridgehead atoms. The number of carbonyl (C=O) groups excluding carboxylic acids is 2. The molecule has 27 heavy (non-hydrogen) atoms. The van der Waals surface area contributed by atoms with Crippen LogP contribution in [0.2, 0.25) is 0 Å². The van der Waals surface area contributed by atoms with Gasteiger partial charge in [0, 0.05) is 44.1 Å². The second-order valence-electron chi connectivity index (χ2n) is 7.62. The number of nitrogens with zero attached hydrogens (tertiary/aromatic N) is 4. The van der Waals surface area contributed by atoms with Crippen LogP contribution in [0.1, 0.15) is 40.5 Å². The zero-order valence-corrected chi connectivity index (χ0v) is 15.5. The van der Waals surface area contributed by atoms with E-state index in [-0.39, 0.29) is 29.0 Å². The van der Waals surface area contributed by atoms with Gasteiger partial charge in [0.25, 0.3) is 5.91 Å². The molecule has 1 aromatic heterocycles. The predicted molar refractivity (Wildman–Crippen MR) is 93.5 cm³/mol. The summed E-state index contributed by atoms with van der Waals surface area (Å²) in [5.74, 6) is 0.327. The first-order chi connectivity index (χ1) is 12.8. The minimum Gasteiger partial charge on any atom is -0.341 e. The summed E-state index contributed by atoms with van der Waals surface area (Å²) < 4.78 is 19.2. The second-order valence-corrected chi connectivity index (χ2v) is 7.62. The standard InChI is InChI=1S/C19H21FN4O3/c1-11-4-5-14(6-16(11)20)18(26)24-9-19(10-24)8-23(13(3)25)7-15(19)17-21-12(2)22-27-17/h4-6,15H,7-10H2,1-3H3. The zero-order chi connectivity index (χ0) is 19.3. The van der Waals surface area contributed by atoms with Gasteiger partial charge in [-0.15, -0.1) is 0 Å². The van der Waals surface area contributed by atoms with Gasteiger partial charge in [0.05, 0.1) is 5.92 Å². The fraction of sp³-hybridized carbons (Fsp3) is 0.474. The molecule has 142 valence electrons. The summed E-state index contributed by atoms with van der Waals surface area (Å²) in [5, 5.41) is 3.86. The summed E-state index contributed by atoms with van der Waals surface area (Å²) in [4.78, 5) is 32.4. The van der Waals surface area contributed by atoms with Crippen LogP contribution < -0.4 is 0 Å². The van der Waals surface area contributed by atoms with Gasteiger partial charge in [-0.2, -0.15) is 4.98 Å². The lowest BCUT2D eigenvalue weighted by Crippen LogP contribution is -2.61. The van der Waals surface area contributed by atoms with E-state index in [0.717, 1.165) is 0 Å². The van der Waals surface area contributed by atoms with Crippen molar-refractivity contribution >= 4 is 11.8 Å². The number of hydrogen-bond donors (Lipinski definition) is 0. The molecule has 1 spiro atoms. The monoisotopic (exact) mass is 372 g/mol.